The third kappa shape index (κ3) is 11.3. The van der Waals surface area contributed by atoms with Gasteiger partial charge in [-0.05, 0) is 52.4 Å². The predicted molar refractivity (Wildman–Crippen MR) is 136 cm³/mol. The lowest BCUT2D eigenvalue weighted by Gasteiger charge is -2.26. The van der Waals surface area contributed by atoms with Crippen molar-refractivity contribution in [2.45, 2.75) is 103 Å². The molecule has 2 bridgehead atoms. The highest BCUT2D eigenvalue weighted by Crippen LogP contribution is 2.12. The standard InChI is InChI=1S/C25H40N6O7/c1-15(2)13-18-23(35)27-16(14-32)8-10-19(33)26-12-6-7-20-30-31-21(37-20)11-9-17(22(34)28-18)29-24(36)38-25(3,4)5/h14-18H,6-13H2,1-5H3,(H,26,33)(H,27,35)(H,28,34)(H,29,36)/t16-,17-,18-/m0/s1. The summed E-state index contributed by atoms with van der Waals surface area (Å²) in [4.78, 5) is 62.6. The van der Waals surface area contributed by atoms with E-state index in [2.05, 4.69) is 31.5 Å². The molecule has 2 rings (SSSR count). The van der Waals surface area contributed by atoms with Gasteiger partial charge in [0.05, 0.1) is 6.04 Å². The average Bonchev–Trinajstić information content (AvgIpc) is 3.27. The number of ether oxygens (including phenoxy) is 1. The average molecular weight is 537 g/mol. The first-order valence-corrected chi connectivity index (χ1v) is 13.0. The van der Waals surface area contributed by atoms with E-state index in [1.54, 1.807) is 20.8 Å². The van der Waals surface area contributed by atoms with Crippen LogP contribution in [0.5, 0.6) is 0 Å². The SMILES string of the molecule is CC(C)C[C@@H]1NC(=O)[C@@H](NC(=O)OC(C)(C)C)CCc2nnc(o2)CCCNC(=O)CC[C@@H](C=O)NC1=O. The molecule has 4 N–H and O–H groups in total. The monoisotopic (exact) mass is 536 g/mol. The van der Waals surface area contributed by atoms with E-state index < -0.39 is 41.6 Å². The Labute approximate surface area is 222 Å². The van der Waals surface area contributed by atoms with Gasteiger partial charge in [-0.15, -0.1) is 10.2 Å². The molecule has 1 aromatic rings. The highest BCUT2D eigenvalue weighted by atomic mass is 16.6. The van der Waals surface area contributed by atoms with Crippen molar-refractivity contribution in [1.29, 1.82) is 0 Å². The third-order valence-corrected chi connectivity index (χ3v) is 5.57. The number of nitrogens with zero attached hydrogens (tertiary/aromatic N) is 2. The Balaban J connectivity index is 2.28. The molecule has 2 heterocycles. The molecule has 0 aliphatic carbocycles. The van der Waals surface area contributed by atoms with Gasteiger partial charge < -0.3 is 35.2 Å². The lowest BCUT2D eigenvalue weighted by atomic mass is 10.0. The van der Waals surface area contributed by atoms with Crippen LogP contribution >= 0.6 is 0 Å². The Morgan fingerprint density at radius 2 is 1.76 bits per heavy atom. The van der Waals surface area contributed by atoms with E-state index in [-0.39, 0.29) is 49.8 Å². The van der Waals surface area contributed by atoms with E-state index in [0.29, 0.717) is 31.6 Å². The maximum Gasteiger partial charge on any atom is 0.408 e. The molecule has 0 spiro atoms. The number of hydrogen-bond donors (Lipinski definition) is 4. The van der Waals surface area contributed by atoms with E-state index in [1.165, 1.54) is 0 Å². The maximum atomic E-state index is 13.3. The van der Waals surface area contributed by atoms with Crippen LogP contribution in [0, 0.1) is 5.92 Å². The van der Waals surface area contributed by atoms with Crippen molar-refractivity contribution in [3.63, 3.8) is 0 Å². The number of rotatable bonds is 4. The summed E-state index contributed by atoms with van der Waals surface area (Å²) in [5.41, 5.74) is -0.781. The highest BCUT2D eigenvalue weighted by molar-refractivity contribution is 5.92. The van der Waals surface area contributed by atoms with Crippen molar-refractivity contribution >= 4 is 30.1 Å². The largest absolute Gasteiger partial charge is 0.444 e. The lowest BCUT2D eigenvalue weighted by Crippen LogP contribution is -2.55. The van der Waals surface area contributed by atoms with Gasteiger partial charge in [0.2, 0.25) is 29.5 Å². The molecule has 4 amide bonds. The number of hydrogen-bond acceptors (Lipinski definition) is 9. The van der Waals surface area contributed by atoms with Gasteiger partial charge >= 0.3 is 6.09 Å². The number of aromatic nitrogens is 2. The smallest absolute Gasteiger partial charge is 0.408 e. The number of aldehydes is 1. The van der Waals surface area contributed by atoms with Crippen LogP contribution < -0.4 is 21.3 Å². The fourth-order valence-corrected chi connectivity index (χ4v) is 3.75. The molecule has 1 aromatic heterocycles. The molecular weight excluding hydrogens is 496 g/mol. The summed E-state index contributed by atoms with van der Waals surface area (Å²) < 4.78 is 11.0. The molecule has 13 nitrogen and oxygen atoms in total. The molecule has 0 fully saturated rings. The summed E-state index contributed by atoms with van der Waals surface area (Å²) in [6, 6.07) is -2.93. The summed E-state index contributed by atoms with van der Waals surface area (Å²) >= 11 is 0. The first-order chi connectivity index (χ1) is 17.9. The molecule has 3 atom stereocenters. The van der Waals surface area contributed by atoms with Crippen LogP contribution in [0.2, 0.25) is 0 Å². The number of alkyl carbamates (subject to hydrolysis) is 1. The van der Waals surface area contributed by atoms with E-state index in [9.17, 15) is 24.0 Å². The number of nitrogens with one attached hydrogen (secondary N) is 4. The normalized spacial score (nSPS) is 22.7. The van der Waals surface area contributed by atoms with E-state index in [0.717, 1.165) is 0 Å². The quantitative estimate of drug-likeness (QED) is 0.407. The fraction of sp³-hybridized carbons (Fsp3) is 0.720. The van der Waals surface area contributed by atoms with Gasteiger partial charge in [-0.2, -0.15) is 0 Å². The van der Waals surface area contributed by atoms with Crippen LogP contribution in [0.1, 0.15) is 78.5 Å². The van der Waals surface area contributed by atoms with Crippen molar-refractivity contribution in [3.8, 4) is 0 Å². The fourth-order valence-electron chi connectivity index (χ4n) is 3.75. The molecule has 38 heavy (non-hydrogen) atoms. The molecule has 0 unspecified atom stereocenters. The minimum Gasteiger partial charge on any atom is -0.444 e. The highest BCUT2D eigenvalue weighted by Gasteiger charge is 2.30. The Bertz CT molecular complexity index is 972. The van der Waals surface area contributed by atoms with Crippen LogP contribution in [0.25, 0.3) is 0 Å². The molecule has 1 aliphatic rings. The Kier molecular flexibility index (Phi) is 11.7. The first kappa shape index (κ1) is 30.7. The second kappa shape index (κ2) is 14.4. The second-order valence-corrected chi connectivity index (χ2v) is 10.8. The van der Waals surface area contributed by atoms with Gasteiger partial charge in [0, 0.05) is 25.8 Å². The van der Waals surface area contributed by atoms with Crippen molar-refractivity contribution in [3.05, 3.63) is 11.8 Å². The zero-order chi connectivity index (χ0) is 28.3. The summed E-state index contributed by atoms with van der Waals surface area (Å²) in [6.45, 7) is 9.26. The van der Waals surface area contributed by atoms with Crippen molar-refractivity contribution in [2.75, 3.05) is 6.54 Å². The molecular formula is C25H40N6O7. The van der Waals surface area contributed by atoms with Crippen LogP contribution in [-0.2, 0) is 36.8 Å². The van der Waals surface area contributed by atoms with E-state index >= 15 is 0 Å². The van der Waals surface area contributed by atoms with Crippen LogP contribution in [-0.4, -0.2) is 70.6 Å². The van der Waals surface area contributed by atoms with Gasteiger partial charge in [0.25, 0.3) is 0 Å². The Hall–Kier alpha value is -3.51. The molecule has 212 valence electrons. The zero-order valence-electron chi connectivity index (χ0n) is 22.8. The van der Waals surface area contributed by atoms with E-state index in [1.807, 2.05) is 13.8 Å². The summed E-state index contributed by atoms with van der Waals surface area (Å²) in [5, 5.41) is 18.7. The van der Waals surface area contributed by atoms with Crippen LogP contribution in [0.15, 0.2) is 4.42 Å². The van der Waals surface area contributed by atoms with Crippen molar-refractivity contribution < 1.29 is 33.1 Å². The second-order valence-electron chi connectivity index (χ2n) is 10.8. The first-order valence-electron chi connectivity index (χ1n) is 13.0. The number of fused-ring (bicyclic) bond motifs is 2. The number of aryl methyl sites for hydroxylation is 2. The third-order valence-electron chi connectivity index (χ3n) is 5.57. The molecule has 0 saturated carbocycles. The summed E-state index contributed by atoms with van der Waals surface area (Å²) in [5.74, 6) is -0.700. The van der Waals surface area contributed by atoms with Gasteiger partial charge in [-0.25, -0.2) is 4.79 Å². The minimum atomic E-state index is -1.06. The number of carbonyl (C=O) groups is 5. The molecule has 1 aliphatic heterocycles. The Morgan fingerprint density at radius 3 is 2.39 bits per heavy atom. The van der Waals surface area contributed by atoms with Gasteiger partial charge in [-0.3, -0.25) is 14.4 Å². The Morgan fingerprint density at radius 1 is 1.08 bits per heavy atom. The number of amides is 4. The summed E-state index contributed by atoms with van der Waals surface area (Å²) in [7, 11) is 0. The van der Waals surface area contributed by atoms with Gasteiger partial charge in [0.1, 0.15) is 24.0 Å². The van der Waals surface area contributed by atoms with Crippen LogP contribution in [0.3, 0.4) is 0 Å². The molecule has 13 heteroatoms. The van der Waals surface area contributed by atoms with E-state index in [4.69, 9.17) is 9.15 Å². The van der Waals surface area contributed by atoms with Gasteiger partial charge in [-0.1, -0.05) is 13.8 Å². The molecule has 0 aromatic carbocycles. The van der Waals surface area contributed by atoms with Crippen LogP contribution in [0.4, 0.5) is 4.79 Å². The molecule has 0 radical (unpaired) electrons. The maximum absolute atomic E-state index is 13.3. The predicted octanol–water partition coefficient (Wildman–Crippen LogP) is 0.953. The number of carbonyl (C=O) groups excluding carboxylic acids is 5. The lowest BCUT2D eigenvalue weighted by molar-refractivity contribution is -0.131. The van der Waals surface area contributed by atoms with Crippen molar-refractivity contribution in [2.24, 2.45) is 5.92 Å². The minimum absolute atomic E-state index is 0.0298. The summed E-state index contributed by atoms with van der Waals surface area (Å²) in [6.07, 6.45) is 1.52. The zero-order valence-corrected chi connectivity index (χ0v) is 22.8. The van der Waals surface area contributed by atoms with Gasteiger partial charge in [0.15, 0.2) is 0 Å². The molecule has 0 saturated heterocycles. The van der Waals surface area contributed by atoms with Crippen molar-refractivity contribution in [1.82, 2.24) is 31.5 Å². The topological polar surface area (TPSA) is 182 Å².